The lowest BCUT2D eigenvalue weighted by molar-refractivity contribution is -0.198. The predicted molar refractivity (Wildman–Crippen MR) is 53.5 cm³/mol. The Hall–Kier alpha value is -1.43. The van der Waals surface area contributed by atoms with E-state index >= 15 is 0 Å². The lowest BCUT2D eigenvalue weighted by Gasteiger charge is -2.15. The molecular formula is C10H12F3NO2. The van der Waals surface area contributed by atoms with Gasteiger partial charge in [-0.15, -0.1) is 0 Å². The van der Waals surface area contributed by atoms with Gasteiger partial charge in [-0.1, -0.05) is 0 Å². The fourth-order valence-electron chi connectivity index (χ4n) is 1.04. The summed E-state index contributed by atoms with van der Waals surface area (Å²) in [6, 6.07) is 6.37. The first-order valence-corrected chi connectivity index (χ1v) is 4.56. The number of hydrogen-bond acceptors (Lipinski definition) is 3. The van der Waals surface area contributed by atoms with Crippen LogP contribution in [0.3, 0.4) is 0 Å². The van der Waals surface area contributed by atoms with Gasteiger partial charge in [-0.25, -0.2) is 0 Å². The van der Waals surface area contributed by atoms with Crippen LogP contribution in [0.25, 0.3) is 0 Å². The first-order valence-electron chi connectivity index (χ1n) is 4.56. The smallest absolute Gasteiger partial charge is 0.416 e. The summed E-state index contributed by atoms with van der Waals surface area (Å²) >= 11 is 0. The highest BCUT2D eigenvalue weighted by Crippen LogP contribution is 2.21. The summed E-state index contributed by atoms with van der Waals surface area (Å²) in [5, 5.41) is 11.2. The first kappa shape index (κ1) is 12.6. The molecule has 0 heterocycles. The van der Waals surface area contributed by atoms with Gasteiger partial charge in [0.15, 0.2) is 6.10 Å². The lowest BCUT2D eigenvalue weighted by atomic mass is 10.3. The second-order valence-electron chi connectivity index (χ2n) is 3.17. The van der Waals surface area contributed by atoms with E-state index in [2.05, 4.69) is 5.32 Å². The van der Waals surface area contributed by atoms with Crippen LogP contribution in [0.5, 0.6) is 5.75 Å². The molecule has 0 bridgehead atoms. The van der Waals surface area contributed by atoms with Gasteiger partial charge in [-0.3, -0.25) is 0 Å². The Kier molecular flexibility index (Phi) is 4.00. The molecule has 0 aliphatic heterocycles. The molecule has 0 aliphatic carbocycles. The Morgan fingerprint density at radius 2 is 1.88 bits per heavy atom. The maximum absolute atomic E-state index is 12.0. The van der Waals surface area contributed by atoms with Gasteiger partial charge in [0.25, 0.3) is 0 Å². The van der Waals surface area contributed by atoms with E-state index in [4.69, 9.17) is 9.84 Å². The Bertz CT molecular complexity index is 324. The second kappa shape index (κ2) is 5.07. The zero-order valence-electron chi connectivity index (χ0n) is 8.58. The molecule has 1 rings (SSSR count). The maximum atomic E-state index is 12.0. The molecule has 0 aliphatic rings. The van der Waals surface area contributed by atoms with Crippen molar-refractivity contribution in [3.05, 3.63) is 24.3 Å². The molecule has 0 amide bonds. The van der Waals surface area contributed by atoms with Gasteiger partial charge in [0, 0.05) is 12.2 Å². The molecule has 1 aromatic rings. The number of methoxy groups -OCH3 is 1. The number of nitrogens with one attached hydrogen (secondary N) is 1. The van der Waals surface area contributed by atoms with Gasteiger partial charge in [-0.05, 0) is 24.3 Å². The van der Waals surface area contributed by atoms with Gasteiger partial charge in [0.05, 0.1) is 7.11 Å². The zero-order chi connectivity index (χ0) is 12.2. The molecule has 1 aromatic carbocycles. The molecule has 1 unspecified atom stereocenters. The number of halogens is 3. The lowest BCUT2D eigenvalue weighted by Crippen LogP contribution is -2.34. The van der Waals surface area contributed by atoms with E-state index in [1.807, 2.05) is 0 Å². The molecule has 0 saturated carbocycles. The molecule has 16 heavy (non-hydrogen) atoms. The van der Waals surface area contributed by atoms with Crippen LogP contribution in [-0.4, -0.2) is 31.0 Å². The van der Waals surface area contributed by atoms with Crippen LogP contribution in [0.4, 0.5) is 18.9 Å². The van der Waals surface area contributed by atoms with E-state index in [9.17, 15) is 13.2 Å². The van der Waals surface area contributed by atoms with Crippen molar-refractivity contribution < 1.29 is 23.0 Å². The summed E-state index contributed by atoms with van der Waals surface area (Å²) in [5.74, 6) is 0.613. The van der Waals surface area contributed by atoms with Gasteiger partial charge < -0.3 is 15.2 Å². The quantitative estimate of drug-likeness (QED) is 0.839. The van der Waals surface area contributed by atoms with E-state index < -0.39 is 18.8 Å². The highest BCUT2D eigenvalue weighted by molar-refractivity contribution is 5.46. The van der Waals surface area contributed by atoms with E-state index in [0.29, 0.717) is 11.4 Å². The fraction of sp³-hybridized carbons (Fsp3) is 0.400. The Morgan fingerprint density at radius 3 is 2.31 bits per heavy atom. The summed E-state index contributed by atoms with van der Waals surface area (Å²) in [6.07, 6.45) is -6.96. The van der Waals surface area contributed by atoms with E-state index in [0.717, 1.165) is 0 Å². The normalized spacial score (nSPS) is 13.3. The monoisotopic (exact) mass is 235 g/mol. The van der Waals surface area contributed by atoms with Crippen LogP contribution in [0, 0.1) is 0 Å². The van der Waals surface area contributed by atoms with Gasteiger partial charge in [0.1, 0.15) is 5.75 Å². The van der Waals surface area contributed by atoms with Gasteiger partial charge in [0.2, 0.25) is 0 Å². The Balaban J connectivity index is 2.48. The van der Waals surface area contributed by atoms with Crippen LogP contribution in [0.15, 0.2) is 24.3 Å². The van der Waals surface area contributed by atoms with Crippen molar-refractivity contribution in [3.8, 4) is 5.75 Å². The van der Waals surface area contributed by atoms with Crippen molar-refractivity contribution in [3.63, 3.8) is 0 Å². The second-order valence-corrected chi connectivity index (χ2v) is 3.17. The summed E-state index contributed by atoms with van der Waals surface area (Å²) in [6.45, 7) is -0.574. The van der Waals surface area contributed by atoms with Crippen molar-refractivity contribution in [2.45, 2.75) is 12.3 Å². The molecule has 3 nitrogen and oxygen atoms in total. The summed E-state index contributed by atoms with van der Waals surface area (Å²) < 4.78 is 40.8. The number of aliphatic hydroxyl groups is 1. The summed E-state index contributed by atoms with van der Waals surface area (Å²) in [7, 11) is 1.50. The molecule has 90 valence electrons. The fourth-order valence-corrected chi connectivity index (χ4v) is 1.04. The summed E-state index contributed by atoms with van der Waals surface area (Å²) in [4.78, 5) is 0. The zero-order valence-corrected chi connectivity index (χ0v) is 8.58. The average molecular weight is 235 g/mol. The number of benzene rings is 1. The Morgan fingerprint density at radius 1 is 1.31 bits per heavy atom. The minimum absolute atomic E-state index is 0.490. The van der Waals surface area contributed by atoms with E-state index in [-0.39, 0.29) is 0 Å². The van der Waals surface area contributed by atoms with Crippen molar-refractivity contribution in [2.24, 2.45) is 0 Å². The molecule has 2 N–H and O–H groups in total. The molecule has 0 saturated heterocycles. The number of alkyl halides is 3. The predicted octanol–water partition coefficient (Wildman–Crippen LogP) is 2.03. The molecular weight excluding hydrogens is 223 g/mol. The molecule has 0 fully saturated rings. The average Bonchev–Trinajstić information content (AvgIpc) is 2.25. The largest absolute Gasteiger partial charge is 0.497 e. The number of ether oxygens (including phenoxy) is 1. The highest BCUT2D eigenvalue weighted by atomic mass is 19.4. The van der Waals surface area contributed by atoms with Crippen LogP contribution < -0.4 is 10.1 Å². The molecule has 0 radical (unpaired) electrons. The van der Waals surface area contributed by atoms with Crippen LogP contribution in [-0.2, 0) is 0 Å². The van der Waals surface area contributed by atoms with Crippen LogP contribution >= 0.6 is 0 Å². The first-order chi connectivity index (χ1) is 7.43. The third-order valence-electron chi connectivity index (χ3n) is 1.97. The maximum Gasteiger partial charge on any atom is 0.416 e. The van der Waals surface area contributed by atoms with E-state index in [1.165, 1.54) is 7.11 Å². The van der Waals surface area contributed by atoms with Gasteiger partial charge >= 0.3 is 6.18 Å². The number of rotatable bonds is 4. The van der Waals surface area contributed by atoms with E-state index in [1.54, 1.807) is 24.3 Å². The third kappa shape index (κ3) is 3.62. The van der Waals surface area contributed by atoms with Crippen molar-refractivity contribution >= 4 is 5.69 Å². The molecule has 0 aromatic heterocycles. The summed E-state index contributed by atoms with van der Waals surface area (Å²) in [5.41, 5.74) is 0.490. The third-order valence-corrected chi connectivity index (χ3v) is 1.97. The number of hydrogen-bond donors (Lipinski definition) is 2. The van der Waals surface area contributed by atoms with Gasteiger partial charge in [-0.2, -0.15) is 13.2 Å². The number of anilines is 1. The molecule has 1 atom stereocenters. The van der Waals surface area contributed by atoms with Crippen LogP contribution in [0.1, 0.15) is 0 Å². The standard InChI is InChI=1S/C10H12F3NO2/c1-16-8-4-2-7(3-5-8)14-6-9(15)10(11,12)13/h2-5,9,14-15H,6H2,1H3. The molecule has 6 heteroatoms. The number of aliphatic hydroxyl groups excluding tert-OH is 1. The van der Waals surface area contributed by atoms with Crippen LogP contribution in [0.2, 0.25) is 0 Å². The highest BCUT2D eigenvalue weighted by Gasteiger charge is 2.37. The Labute approximate surface area is 90.8 Å². The SMILES string of the molecule is COc1ccc(NCC(O)C(F)(F)F)cc1. The minimum atomic E-state index is -4.60. The topological polar surface area (TPSA) is 41.5 Å². The van der Waals surface area contributed by atoms with Crippen molar-refractivity contribution in [1.29, 1.82) is 0 Å². The van der Waals surface area contributed by atoms with Crippen molar-refractivity contribution in [2.75, 3.05) is 19.0 Å². The van der Waals surface area contributed by atoms with Crippen molar-refractivity contribution in [1.82, 2.24) is 0 Å². The minimum Gasteiger partial charge on any atom is -0.497 e. The molecule has 0 spiro atoms.